The third-order valence-electron chi connectivity index (χ3n) is 3.06. The van der Waals surface area contributed by atoms with Crippen LogP contribution < -0.4 is 10.1 Å². The van der Waals surface area contributed by atoms with E-state index in [0.717, 1.165) is 16.8 Å². The number of hydrogen-bond acceptors (Lipinski definition) is 4. The molecule has 4 heteroatoms. The lowest BCUT2D eigenvalue weighted by atomic mass is 10.1. The van der Waals surface area contributed by atoms with Gasteiger partial charge in [-0.25, -0.2) is 0 Å². The van der Waals surface area contributed by atoms with Crippen molar-refractivity contribution in [3.8, 4) is 17.2 Å². The Labute approximate surface area is 118 Å². The number of para-hydroxylation sites is 1. The Hall–Kier alpha value is -2.36. The van der Waals surface area contributed by atoms with Crippen LogP contribution in [0.15, 0.2) is 36.4 Å². The first-order chi connectivity index (χ1) is 9.61. The van der Waals surface area contributed by atoms with E-state index in [2.05, 4.69) is 5.32 Å². The SMILES string of the molecule is CCOc1cccc(CNc2ccc(O)c(C)c2)c1O. The maximum Gasteiger partial charge on any atom is 0.162 e. The van der Waals surface area contributed by atoms with Gasteiger partial charge in [0.25, 0.3) is 0 Å². The summed E-state index contributed by atoms with van der Waals surface area (Å²) in [4.78, 5) is 0. The lowest BCUT2D eigenvalue weighted by Gasteiger charge is -2.12. The molecule has 0 radical (unpaired) electrons. The minimum absolute atomic E-state index is 0.164. The summed E-state index contributed by atoms with van der Waals surface area (Å²) in [7, 11) is 0. The second kappa shape index (κ2) is 6.19. The van der Waals surface area contributed by atoms with Gasteiger partial charge in [0.05, 0.1) is 6.61 Å². The van der Waals surface area contributed by atoms with Gasteiger partial charge in [0, 0.05) is 17.8 Å². The largest absolute Gasteiger partial charge is 0.508 e. The minimum atomic E-state index is 0.164. The van der Waals surface area contributed by atoms with Crippen molar-refractivity contribution in [1.29, 1.82) is 0 Å². The molecule has 3 N–H and O–H groups in total. The molecular weight excluding hydrogens is 254 g/mol. The zero-order valence-corrected chi connectivity index (χ0v) is 11.7. The molecule has 106 valence electrons. The van der Waals surface area contributed by atoms with E-state index in [4.69, 9.17) is 4.74 Å². The number of ether oxygens (including phenoxy) is 1. The molecule has 0 saturated carbocycles. The van der Waals surface area contributed by atoms with Crippen molar-refractivity contribution in [2.45, 2.75) is 20.4 Å². The Bertz CT molecular complexity index is 596. The summed E-state index contributed by atoms with van der Waals surface area (Å²) in [5.74, 6) is 0.933. The van der Waals surface area contributed by atoms with Gasteiger partial charge in [0.2, 0.25) is 0 Å². The van der Waals surface area contributed by atoms with E-state index in [-0.39, 0.29) is 11.5 Å². The first-order valence-electron chi connectivity index (χ1n) is 6.59. The summed E-state index contributed by atoms with van der Waals surface area (Å²) < 4.78 is 5.35. The first kappa shape index (κ1) is 14.1. The Morgan fingerprint density at radius 1 is 1.15 bits per heavy atom. The number of hydrogen-bond donors (Lipinski definition) is 3. The van der Waals surface area contributed by atoms with Crippen LogP contribution in [0.1, 0.15) is 18.1 Å². The molecule has 0 fully saturated rings. The van der Waals surface area contributed by atoms with E-state index in [1.54, 1.807) is 18.2 Å². The van der Waals surface area contributed by atoms with Gasteiger partial charge in [-0.05, 0) is 43.7 Å². The summed E-state index contributed by atoms with van der Waals surface area (Å²) in [6, 6.07) is 10.7. The van der Waals surface area contributed by atoms with E-state index in [9.17, 15) is 10.2 Å². The number of rotatable bonds is 5. The maximum atomic E-state index is 10.1. The van der Waals surface area contributed by atoms with Crippen LogP contribution in [0.25, 0.3) is 0 Å². The molecule has 0 saturated heterocycles. The Morgan fingerprint density at radius 2 is 1.95 bits per heavy atom. The van der Waals surface area contributed by atoms with Crippen LogP contribution in [0.5, 0.6) is 17.2 Å². The number of phenolic OH excluding ortho intramolecular Hbond substituents is 2. The lowest BCUT2D eigenvalue weighted by molar-refractivity contribution is 0.317. The van der Waals surface area contributed by atoms with Crippen LogP contribution in [-0.4, -0.2) is 16.8 Å². The third-order valence-corrected chi connectivity index (χ3v) is 3.06. The van der Waals surface area contributed by atoms with Crippen molar-refractivity contribution < 1.29 is 14.9 Å². The zero-order valence-electron chi connectivity index (χ0n) is 11.7. The molecule has 0 heterocycles. The molecule has 2 aromatic carbocycles. The maximum absolute atomic E-state index is 10.1. The molecule has 0 atom stereocenters. The number of aryl methyl sites for hydroxylation is 1. The van der Waals surface area contributed by atoms with Gasteiger partial charge in [-0.1, -0.05) is 12.1 Å². The average Bonchev–Trinajstić information content (AvgIpc) is 2.44. The van der Waals surface area contributed by atoms with Crippen LogP contribution >= 0.6 is 0 Å². The fraction of sp³-hybridized carbons (Fsp3) is 0.250. The molecule has 4 nitrogen and oxygen atoms in total. The van der Waals surface area contributed by atoms with Gasteiger partial charge in [-0.3, -0.25) is 0 Å². The molecule has 20 heavy (non-hydrogen) atoms. The highest BCUT2D eigenvalue weighted by Gasteiger charge is 2.07. The topological polar surface area (TPSA) is 61.7 Å². The predicted octanol–water partition coefficient (Wildman–Crippen LogP) is 3.42. The van der Waals surface area contributed by atoms with Gasteiger partial charge in [0.15, 0.2) is 11.5 Å². The Morgan fingerprint density at radius 3 is 2.65 bits per heavy atom. The summed E-state index contributed by atoms with van der Waals surface area (Å²) >= 11 is 0. The second-order valence-electron chi connectivity index (χ2n) is 4.55. The molecule has 0 unspecified atom stereocenters. The summed E-state index contributed by atoms with van der Waals surface area (Å²) in [5, 5.41) is 22.8. The number of phenols is 2. The predicted molar refractivity (Wildman–Crippen MR) is 79.4 cm³/mol. The number of nitrogens with one attached hydrogen (secondary N) is 1. The molecule has 0 aliphatic heterocycles. The molecular formula is C16H19NO3. The van der Waals surface area contributed by atoms with Crippen molar-refractivity contribution >= 4 is 5.69 Å². The van der Waals surface area contributed by atoms with Crippen molar-refractivity contribution in [1.82, 2.24) is 0 Å². The molecule has 0 aliphatic carbocycles. The van der Waals surface area contributed by atoms with Gasteiger partial charge in [-0.15, -0.1) is 0 Å². The van der Waals surface area contributed by atoms with Crippen molar-refractivity contribution in [2.24, 2.45) is 0 Å². The number of aromatic hydroxyl groups is 2. The Balaban J connectivity index is 2.10. The van der Waals surface area contributed by atoms with Crippen LogP contribution in [0.3, 0.4) is 0 Å². The monoisotopic (exact) mass is 273 g/mol. The standard InChI is InChI=1S/C16H19NO3/c1-3-20-15-6-4-5-12(16(15)19)10-17-13-7-8-14(18)11(2)9-13/h4-9,17-19H,3,10H2,1-2H3. The average molecular weight is 273 g/mol. The Kier molecular flexibility index (Phi) is 4.35. The van der Waals surface area contributed by atoms with Gasteiger partial charge < -0.3 is 20.3 Å². The van der Waals surface area contributed by atoms with E-state index in [1.807, 2.05) is 32.0 Å². The molecule has 2 aromatic rings. The molecule has 0 spiro atoms. The highest BCUT2D eigenvalue weighted by Crippen LogP contribution is 2.30. The highest BCUT2D eigenvalue weighted by molar-refractivity contribution is 5.52. The van der Waals surface area contributed by atoms with E-state index in [0.29, 0.717) is 18.9 Å². The minimum Gasteiger partial charge on any atom is -0.508 e. The van der Waals surface area contributed by atoms with Crippen LogP contribution in [-0.2, 0) is 6.54 Å². The van der Waals surface area contributed by atoms with Crippen molar-refractivity contribution in [2.75, 3.05) is 11.9 Å². The van der Waals surface area contributed by atoms with Gasteiger partial charge >= 0.3 is 0 Å². The van der Waals surface area contributed by atoms with Gasteiger partial charge in [-0.2, -0.15) is 0 Å². The van der Waals surface area contributed by atoms with E-state index in [1.165, 1.54) is 0 Å². The van der Waals surface area contributed by atoms with Crippen molar-refractivity contribution in [3.05, 3.63) is 47.5 Å². The summed E-state index contributed by atoms with van der Waals surface area (Å²) in [5.41, 5.74) is 2.46. The quantitative estimate of drug-likeness (QED) is 0.730. The first-order valence-corrected chi connectivity index (χ1v) is 6.59. The van der Waals surface area contributed by atoms with Crippen LogP contribution in [0.4, 0.5) is 5.69 Å². The summed E-state index contributed by atoms with van der Waals surface area (Å²) in [6.07, 6.45) is 0. The smallest absolute Gasteiger partial charge is 0.162 e. The molecule has 0 aliphatic rings. The molecule has 0 amide bonds. The highest BCUT2D eigenvalue weighted by atomic mass is 16.5. The van der Waals surface area contributed by atoms with Crippen LogP contribution in [0.2, 0.25) is 0 Å². The van der Waals surface area contributed by atoms with Crippen LogP contribution in [0, 0.1) is 6.92 Å². The molecule has 0 bridgehead atoms. The second-order valence-corrected chi connectivity index (χ2v) is 4.55. The number of benzene rings is 2. The van der Waals surface area contributed by atoms with E-state index < -0.39 is 0 Å². The summed E-state index contributed by atoms with van der Waals surface area (Å²) in [6.45, 7) is 4.72. The van der Waals surface area contributed by atoms with Crippen molar-refractivity contribution in [3.63, 3.8) is 0 Å². The number of anilines is 1. The normalized spacial score (nSPS) is 10.3. The zero-order chi connectivity index (χ0) is 14.5. The molecule has 0 aromatic heterocycles. The van der Waals surface area contributed by atoms with Gasteiger partial charge in [0.1, 0.15) is 5.75 Å². The molecule has 2 rings (SSSR count). The third kappa shape index (κ3) is 3.15. The fourth-order valence-electron chi connectivity index (χ4n) is 1.95. The van der Waals surface area contributed by atoms with E-state index >= 15 is 0 Å². The fourth-order valence-corrected chi connectivity index (χ4v) is 1.95. The lowest BCUT2D eigenvalue weighted by Crippen LogP contribution is -2.01.